The van der Waals surface area contributed by atoms with Gasteiger partial charge >= 0.3 is 6.18 Å². The number of pyridine rings is 1. The van der Waals surface area contributed by atoms with Crippen LogP contribution < -0.4 is 4.90 Å². The van der Waals surface area contributed by atoms with E-state index in [0.29, 0.717) is 42.6 Å². The van der Waals surface area contributed by atoms with Crippen molar-refractivity contribution in [3.8, 4) is 0 Å². The predicted octanol–water partition coefficient (Wildman–Crippen LogP) is 2.22. The van der Waals surface area contributed by atoms with Crippen LogP contribution in [-0.4, -0.2) is 51.6 Å². The molecule has 2 aromatic heterocycles. The van der Waals surface area contributed by atoms with Crippen molar-refractivity contribution < 1.29 is 18.0 Å². The molecule has 0 aliphatic carbocycles. The van der Waals surface area contributed by atoms with Crippen LogP contribution in [0.3, 0.4) is 0 Å². The van der Waals surface area contributed by atoms with E-state index in [2.05, 4.69) is 14.6 Å². The summed E-state index contributed by atoms with van der Waals surface area (Å²) in [5.74, 6) is 0.369. The van der Waals surface area contributed by atoms with Crippen LogP contribution in [-0.2, 0) is 6.18 Å². The third-order valence-corrected chi connectivity index (χ3v) is 4.63. The lowest BCUT2D eigenvalue weighted by Gasteiger charge is -2.35. The van der Waals surface area contributed by atoms with Crippen molar-refractivity contribution in [3.05, 3.63) is 34.5 Å². The third-order valence-electron chi connectivity index (χ3n) is 3.81. The Bertz CT molecular complexity index is 723. The molecule has 2 aromatic rings. The highest BCUT2D eigenvalue weighted by Gasteiger charge is 2.31. The lowest BCUT2D eigenvalue weighted by molar-refractivity contribution is -0.137. The Kier molecular flexibility index (Phi) is 4.39. The Balaban J connectivity index is 1.63. The fraction of sp³-hybridized carbons (Fsp3) is 0.429. The lowest BCUT2D eigenvalue weighted by atomic mass is 10.2. The molecule has 10 heteroatoms. The fourth-order valence-corrected chi connectivity index (χ4v) is 3.08. The number of carbonyl (C=O) groups is 1. The number of piperazine rings is 1. The number of aromatic nitrogens is 3. The summed E-state index contributed by atoms with van der Waals surface area (Å²) in [6, 6.07) is 2.38. The van der Waals surface area contributed by atoms with E-state index in [9.17, 15) is 18.0 Å². The van der Waals surface area contributed by atoms with E-state index >= 15 is 0 Å². The largest absolute Gasteiger partial charge is 0.417 e. The zero-order valence-corrected chi connectivity index (χ0v) is 13.6. The highest BCUT2D eigenvalue weighted by molar-refractivity contribution is 7.07. The number of hydrogen-bond donors (Lipinski definition) is 0. The Labute approximate surface area is 140 Å². The van der Waals surface area contributed by atoms with Crippen LogP contribution in [0.1, 0.15) is 20.9 Å². The minimum Gasteiger partial charge on any atom is -0.353 e. The molecule has 1 fully saturated rings. The molecule has 128 valence electrons. The van der Waals surface area contributed by atoms with Gasteiger partial charge in [0.05, 0.1) is 11.3 Å². The number of amides is 1. The standard InChI is InChI=1S/C14H14F3N5OS/c1-9-12(24-20-19-9)13(23)22-6-4-21(5-7-22)11-3-2-10(8-18-11)14(15,16)17/h2-3,8H,4-7H2,1H3. The number of anilines is 1. The van der Waals surface area contributed by atoms with Gasteiger partial charge in [-0.05, 0) is 30.6 Å². The van der Waals surface area contributed by atoms with Crippen LogP contribution in [0.25, 0.3) is 0 Å². The molecule has 0 unspecified atom stereocenters. The highest BCUT2D eigenvalue weighted by Crippen LogP contribution is 2.29. The maximum Gasteiger partial charge on any atom is 0.417 e. The number of hydrogen-bond acceptors (Lipinski definition) is 6. The summed E-state index contributed by atoms with van der Waals surface area (Å²) in [7, 11) is 0. The van der Waals surface area contributed by atoms with Crippen LogP contribution in [0.4, 0.5) is 19.0 Å². The second-order valence-electron chi connectivity index (χ2n) is 5.37. The van der Waals surface area contributed by atoms with Crippen molar-refractivity contribution in [2.45, 2.75) is 13.1 Å². The van der Waals surface area contributed by atoms with E-state index in [1.807, 2.05) is 4.90 Å². The molecule has 0 N–H and O–H groups in total. The van der Waals surface area contributed by atoms with Crippen LogP contribution in [0.5, 0.6) is 0 Å². The summed E-state index contributed by atoms with van der Waals surface area (Å²) in [5.41, 5.74) is -0.162. The van der Waals surface area contributed by atoms with Gasteiger partial charge in [0.1, 0.15) is 10.7 Å². The molecule has 0 atom stereocenters. The SMILES string of the molecule is Cc1nnsc1C(=O)N1CCN(c2ccc(C(F)(F)F)cn2)CC1. The first kappa shape index (κ1) is 16.6. The molecule has 1 saturated heterocycles. The molecule has 24 heavy (non-hydrogen) atoms. The zero-order valence-electron chi connectivity index (χ0n) is 12.7. The van der Waals surface area contributed by atoms with E-state index in [1.54, 1.807) is 11.8 Å². The molecule has 1 aliphatic heterocycles. The third kappa shape index (κ3) is 3.32. The molecular formula is C14H14F3N5OS. The zero-order chi connectivity index (χ0) is 17.3. The maximum atomic E-state index is 12.6. The number of alkyl halides is 3. The molecule has 0 aromatic carbocycles. The average Bonchev–Trinajstić information content (AvgIpc) is 3.00. The van der Waals surface area contributed by atoms with Crippen molar-refractivity contribution in [2.24, 2.45) is 0 Å². The first-order chi connectivity index (χ1) is 11.4. The van der Waals surface area contributed by atoms with Gasteiger partial charge in [0, 0.05) is 32.4 Å². The minimum absolute atomic E-state index is 0.109. The highest BCUT2D eigenvalue weighted by atomic mass is 32.1. The Morgan fingerprint density at radius 1 is 1.21 bits per heavy atom. The fourth-order valence-electron chi connectivity index (χ4n) is 2.45. The summed E-state index contributed by atoms with van der Waals surface area (Å²) in [5, 5.41) is 3.83. The maximum absolute atomic E-state index is 12.6. The van der Waals surface area contributed by atoms with Crippen molar-refractivity contribution in [3.63, 3.8) is 0 Å². The van der Waals surface area contributed by atoms with Gasteiger partial charge in [0.15, 0.2) is 0 Å². The molecule has 1 amide bonds. The molecule has 1 aliphatic rings. The number of carbonyl (C=O) groups excluding carboxylic acids is 1. The van der Waals surface area contributed by atoms with E-state index in [0.717, 1.165) is 23.8 Å². The normalized spacial score (nSPS) is 15.7. The smallest absolute Gasteiger partial charge is 0.353 e. The first-order valence-corrected chi connectivity index (χ1v) is 8.00. The van der Waals surface area contributed by atoms with Crippen LogP contribution in [0.2, 0.25) is 0 Å². The summed E-state index contributed by atoms with van der Waals surface area (Å²) >= 11 is 1.07. The van der Waals surface area contributed by atoms with Crippen LogP contribution >= 0.6 is 11.5 Å². The van der Waals surface area contributed by atoms with E-state index in [4.69, 9.17) is 0 Å². The molecule has 0 saturated carbocycles. The average molecular weight is 357 g/mol. The lowest BCUT2D eigenvalue weighted by Crippen LogP contribution is -2.49. The van der Waals surface area contributed by atoms with Gasteiger partial charge in [-0.2, -0.15) is 13.2 Å². The van der Waals surface area contributed by atoms with Crippen molar-refractivity contribution in [2.75, 3.05) is 31.1 Å². The van der Waals surface area contributed by atoms with E-state index in [-0.39, 0.29) is 5.91 Å². The molecule has 6 nitrogen and oxygen atoms in total. The summed E-state index contributed by atoms with van der Waals surface area (Å²) in [4.78, 5) is 20.3. The van der Waals surface area contributed by atoms with Gasteiger partial charge in [-0.25, -0.2) is 4.98 Å². The van der Waals surface area contributed by atoms with Crippen LogP contribution in [0.15, 0.2) is 18.3 Å². The minimum atomic E-state index is -4.39. The van der Waals surface area contributed by atoms with Gasteiger partial charge in [0.25, 0.3) is 5.91 Å². The second-order valence-corrected chi connectivity index (χ2v) is 6.12. The van der Waals surface area contributed by atoms with Crippen LogP contribution in [0, 0.1) is 6.92 Å². The van der Waals surface area contributed by atoms with Crippen molar-refractivity contribution >= 4 is 23.3 Å². The topological polar surface area (TPSA) is 62.2 Å². The van der Waals surface area contributed by atoms with Crippen molar-refractivity contribution in [1.29, 1.82) is 0 Å². The Hall–Kier alpha value is -2.23. The molecule has 0 bridgehead atoms. The van der Waals surface area contributed by atoms with Gasteiger partial charge in [-0.1, -0.05) is 4.49 Å². The Morgan fingerprint density at radius 3 is 2.42 bits per heavy atom. The molecule has 0 radical (unpaired) electrons. The van der Waals surface area contributed by atoms with Gasteiger partial charge in [-0.3, -0.25) is 4.79 Å². The molecule has 0 spiro atoms. The monoisotopic (exact) mass is 357 g/mol. The number of rotatable bonds is 2. The number of halogens is 3. The van der Waals surface area contributed by atoms with Gasteiger partial charge in [-0.15, -0.1) is 5.10 Å². The molecular weight excluding hydrogens is 343 g/mol. The van der Waals surface area contributed by atoms with Gasteiger partial charge in [0.2, 0.25) is 0 Å². The predicted molar refractivity (Wildman–Crippen MR) is 82.0 cm³/mol. The Morgan fingerprint density at radius 2 is 1.92 bits per heavy atom. The quantitative estimate of drug-likeness (QED) is 0.825. The molecule has 3 rings (SSSR count). The van der Waals surface area contributed by atoms with E-state index in [1.165, 1.54) is 6.07 Å². The first-order valence-electron chi connectivity index (χ1n) is 7.22. The summed E-state index contributed by atoms with van der Waals surface area (Å²) < 4.78 is 41.4. The van der Waals surface area contributed by atoms with Crippen molar-refractivity contribution in [1.82, 2.24) is 19.5 Å². The molecule has 3 heterocycles. The number of aryl methyl sites for hydroxylation is 1. The summed E-state index contributed by atoms with van der Waals surface area (Å²) in [6.07, 6.45) is -3.56. The van der Waals surface area contributed by atoms with E-state index < -0.39 is 11.7 Å². The van der Waals surface area contributed by atoms with Gasteiger partial charge < -0.3 is 9.80 Å². The number of nitrogens with zero attached hydrogens (tertiary/aromatic N) is 5. The second kappa shape index (κ2) is 6.34. The summed E-state index contributed by atoms with van der Waals surface area (Å²) in [6.45, 7) is 3.70.